The summed E-state index contributed by atoms with van der Waals surface area (Å²) in [5, 5.41) is 3.80. The van der Waals surface area contributed by atoms with Gasteiger partial charge < -0.3 is 11.1 Å². The molecule has 0 aliphatic rings. The molecule has 3 nitrogen and oxygen atoms in total. The van der Waals surface area contributed by atoms with Crippen LogP contribution in [0.1, 0.15) is 33.1 Å². The topological polar surface area (TPSA) is 50.9 Å². The van der Waals surface area contributed by atoms with Gasteiger partial charge in [-0.2, -0.15) is 0 Å². The quantitative estimate of drug-likeness (QED) is 0.749. The summed E-state index contributed by atoms with van der Waals surface area (Å²) in [6.45, 7) is 5.39. The van der Waals surface area contributed by atoms with Crippen LogP contribution in [0.2, 0.25) is 5.02 Å². The zero-order valence-electron chi connectivity index (χ0n) is 9.96. The minimum atomic E-state index is 0.587. The molecular formula is C12H20ClN3. The van der Waals surface area contributed by atoms with Gasteiger partial charge in [-0.25, -0.2) is 4.98 Å². The Bertz CT molecular complexity index is 326. The fourth-order valence-electron chi connectivity index (χ4n) is 1.47. The van der Waals surface area contributed by atoms with E-state index in [1.54, 1.807) is 12.3 Å². The molecule has 16 heavy (non-hydrogen) atoms. The minimum absolute atomic E-state index is 0.587. The third kappa shape index (κ3) is 4.71. The molecule has 4 heteroatoms. The van der Waals surface area contributed by atoms with Gasteiger partial charge in [-0.1, -0.05) is 38.3 Å². The van der Waals surface area contributed by atoms with Crippen LogP contribution < -0.4 is 11.1 Å². The zero-order chi connectivity index (χ0) is 12.0. The Morgan fingerprint density at radius 1 is 1.44 bits per heavy atom. The highest BCUT2D eigenvalue weighted by molar-refractivity contribution is 6.33. The molecule has 0 amide bonds. The van der Waals surface area contributed by atoms with E-state index in [9.17, 15) is 0 Å². The highest BCUT2D eigenvalue weighted by atomic mass is 35.5. The summed E-state index contributed by atoms with van der Waals surface area (Å²) in [5.74, 6) is 1.50. The lowest BCUT2D eigenvalue weighted by Gasteiger charge is -2.08. The molecule has 90 valence electrons. The molecule has 0 saturated heterocycles. The smallest absolute Gasteiger partial charge is 0.144 e. The number of hydrogen-bond acceptors (Lipinski definition) is 3. The van der Waals surface area contributed by atoms with E-state index >= 15 is 0 Å². The van der Waals surface area contributed by atoms with E-state index in [4.69, 9.17) is 17.3 Å². The van der Waals surface area contributed by atoms with E-state index in [2.05, 4.69) is 24.1 Å². The monoisotopic (exact) mass is 241 g/mol. The van der Waals surface area contributed by atoms with Crippen LogP contribution in [0.3, 0.4) is 0 Å². The van der Waals surface area contributed by atoms with Gasteiger partial charge in [0.25, 0.3) is 0 Å². The summed E-state index contributed by atoms with van der Waals surface area (Å²) in [5.41, 5.74) is 6.16. The van der Waals surface area contributed by atoms with Crippen molar-refractivity contribution < 1.29 is 0 Å². The molecule has 0 bridgehead atoms. The molecule has 1 heterocycles. The number of unbranched alkanes of at least 4 members (excludes halogenated alkanes) is 1. The van der Waals surface area contributed by atoms with Crippen molar-refractivity contribution in [3.63, 3.8) is 0 Å². The molecule has 0 atom stereocenters. The fourth-order valence-corrected chi connectivity index (χ4v) is 1.71. The van der Waals surface area contributed by atoms with E-state index in [0.717, 1.165) is 24.7 Å². The predicted octanol–water partition coefficient (Wildman–Crippen LogP) is 3.56. The van der Waals surface area contributed by atoms with Gasteiger partial charge in [-0.05, 0) is 18.4 Å². The summed E-state index contributed by atoms with van der Waals surface area (Å²) in [4.78, 5) is 4.14. The van der Waals surface area contributed by atoms with Gasteiger partial charge in [0.2, 0.25) is 0 Å². The molecule has 0 aromatic carbocycles. The second-order valence-corrected chi connectivity index (χ2v) is 4.82. The third-order valence-corrected chi connectivity index (χ3v) is 2.65. The first-order valence-corrected chi connectivity index (χ1v) is 6.12. The van der Waals surface area contributed by atoms with Crippen molar-refractivity contribution in [3.8, 4) is 0 Å². The Hall–Kier alpha value is -0.960. The highest BCUT2D eigenvalue weighted by Gasteiger charge is 2.01. The van der Waals surface area contributed by atoms with Crippen LogP contribution in [0.15, 0.2) is 12.3 Å². The van der Waals surface area contributed by atoms with Crippen molar-refractivity contribution in [2.75, 3.05) is 17.6 Å². The number of hydrogen-bond donors (Lipinski definition) is 2. The standard InChI is InChI=1S/C12H20ClN3/c1-9(2)5-3-4-6-15-12-11(13)7-10(14)8-16-12/h7-9H,3-6,14H2,1-2H3,(H,15,16). The number of nitrogen functional groups attached to an aromatic ring is 1. The van der Waals surface area contributed by atoms with Crippen molar-refractivity contribution in [1.82, 2.24) is 4.98 Å². The van der Waals surface area contributed by atoms with Gasteiger partial charge in [0.1, 0.15) is 5.82 Å². The van der Waals surface area contributed by atoms with Crippen LogP contribution in [0.25, 0.3) is 0 Å². The zero-order valence-corrected chi connectivity index (χ0v) is 10.7. The number of halogens is 1. The lowest BCUT2D eigenvalue weighted by molar-refractivity contribution is 0.544. The maximum Gasteiger partial charge on any atom is 0.144 e. The number of rotatable bonds is 6. The third-order valence-electron chi connectivity index (χ3n) is 2.36. The fraction of sp³-hybridized carbons (Fsp3) is 0.583. The number of pyridine rings is 1. The van der Waals surface area contributed by atoms with E-state index in [1.807, 2.05) is 0 Å². The molecule has 3 N–H and O–H groups in total. The van der Waals surface area contributed by atoms with Crippen LogP contribution in [-0.4, -0.2) is 11.5 Å². The molecule has 0 aliphatic heterocycles. The van der Waals surface area contributed by atoms with Crippen molar-refractivity contribution in [3.05, 3.63) is 17.3 Å². The number of nitrogens with one attached hydrogen (secondary N) is 1. The first-order chi connectivity index (χ1) is 7.59. The number of aromatic nitrogens is 1. The molecule has 0 saturated carbocycles. The SMILES string of the molecule is CC(C)CCCCNc1ncc(N)cc1Cl. The summed E-state index contributed by atoms with van der Waals surface area (Å²) < 4.78 is 0. The van der Waals surface area contributed by atoms with Gasteiger partial charge in [-0.3, -0.25) is 0 Å². The molecule has 1 rings (SSSR count). The van der Waals surface area contributed by atoms with E-state index in [1.165, 1.54) is 12.8 Å². The van der Waals surface area contributed by atoms with E-state index in [0.29, 0.717) is 10.7 Å². The van der Waals surface area contributed by atoms with Crippen LogP contribution in [0.4, 0.5) is 11.5 Å². The summed E-state index contributed by atoms with van der Waals surface area (Å²) in [6, 6.07) is 1.71. The Labute approximate surface area is 102 Å². The van der Waals surface area contributed by atoms with Crippen LogP contribution in [0, 0.1) is 5.92 Å². The Balaban J connectivity index is 2.27. The number of anilines is 2. The van der Waals surface area contributed by atoms with Gasteiger partial charge >= 0.3 is 0 Å². The minimum Gasteiger partial charge on any atom is -0.397 e. The van der Waals surface area contributed by atoms with Gasteiger partial charge in [0, 0.05) is 6.54 Å². The summed E-state index contributed by atoms with van der Waals surface area (Å²) in [6.07, 6.45) is 5.25. The van der Waals surface area contributed by atoms with Gasteiger partial charge in [0.15, 0.2) is 0 Å². The van der Waals surface area contributed by atoms with Crippen molar-refractivity contribution in [1.29, 1.82) is 0 Å². The number of nitrogens with zero attached hydrogens (tertiary/aromatic N) is 1. The Kier molecular flexibility index (Phi) is 5.39. The molecule has 0 spiro atoms. The van der Waals surface area contributed by atoms with E-state index in [-0.39, 0.29) is 0 Å². The normalized spacial score (nSPS) is 10.8. The lowest BCUT2D eigenvalue weighted by Crippen LogP contribution is -2.04. The first kappa shape index (κ1) is 13.1. The van der Waals surface area contributed by atoms with Crippen LogP contribution in [0.5, 0.6) is 0 Å². The van der Waals surface area contributed by atoms with E-state index < -0.39 is 0 Å². The first-order valence-electron chi connectivity index (χ1n) is 5.74. The highest BCUT2D eigenvalue weighted by Crippen LogP contribution is 2.20. The van der Waals surface area contributed by atoms with Crippen LogP contribution in [-0.2, 0) is 0 Å². The average Bonchev–Trinajstić information content (AvgIpc) is 2.20. The molecular weight excluding hydrogens is 222 g/mol. The lowest BCUT2D eigenvalue weighted by atomic mass is 10.1. The van der Waals surface area contributed by atoms with Gasteiger partial charge in [0.05, 0.1) is 16.9 Å². The van der Waals surface area contributed by atoms with Gasteiger partial charge in [-0.15, -0.1) is 0 Å². The Morgan fingerprint density at radius 3 is 2.81 bits per heavy atom. The maximum atomic E-state index is 5.99. The number of nitrogens with two attached hydrogens (primary N) is 1. The molecule has 1 aromatic heterocycles. The van der Waals surface area contributed by atoms with Crippen LogP contribution >= 0.6 is 11.6 Å². The largest absolute Gasteiger partial charge is 0.397 e. The molecule has 0 aliphatic carbocycles. The van der Waals surface area contributed by atoms with Crippen molar-refractivity contribution in [2.24, 2.45) is 5.92 Å². The summed E-state index contributed by atoms with van der Waals surface area (Å²) in [7, 11) is 0. The second-order valence-electron chi connectivity index (χ2n) is 4.42. The maximum absolute atomic E-state index is 5.99. The second kappa shape index (κ2) is 6.59. The van der Waals surface area contributed by atoms with Crippen molar-refractivity contribution >= 4 is 23.1 Å². The molecule has 0 radical (unpaired) electrons. The molecule has 0 fully saturated rings. The summed E-state index contributed by atoms with van der Waals surface area (Å²) >= 11 is 5.99. The molecule has 1 aromatic rings. The average molecular weight is 242 g/mol. The molecule has 0 unspecified atom stereocenters. The predicted molar refractivity (Wildman–Crippen MR) is 70.8 cm³/mol. The Morgan fingerprint density at radius 2 is 2.19 bits per heavy atom. The van der Waals surface area contributed by atoms with Crippen molar-refractivity contribution in [2.45, 2.75) is 33.1 Å².